The first-order valence-corrected chi connectivity index (χ1v) is 7.19. The maximum atomic E-state index is 12.4. The van der Waals surface area contributed by atoms with E-state index in [2.05, 4.69) is 32.0 Å². The molecule has 1 aromatic rings. The number of hydrogen-bond acceptors (Lipinski definition) is 2. The first-order chi connectivity index (χ1) is 9.08. The van der Waals surface area contributed by atoms with Crippen LogP contribution in [0.15, 0.2) is 24.3 Å². The van der Waals surface area contributed by atoms with Crippen LogP contribution in [0.1, 0.15) is 37.8 Å². The van der Waals surface area contributed by atoms with Gasteiger partial charge in [0, 0.05) is 13.1 Å². The third-order valence-electron chi connectivity index (χ3n) is 3.71. The van der Waals surface area contributed by atoms with Crippen LogP contribution in [0.5, 0.6) is 0 Å². The minimum absolute atomic E-state index is 0.102. The Hall–Kier alpha value is -1.35. The number of fused-ring (bicyclic) bond motifs is 1. The summed E-state index contributed by atoms with van der Waals surface area (Å²) in [5.41, 5.74) is 8.67. The lowest BCUT2D eigenvalue weighted by molar-refractivity contribution is -0.133. The maximum absolute atomic E-state index is 12.4. The van der Waals surface area contributed by atoms with E-state index in [1.54, 1.807) is 0 Å². The zero-order valence-electron chi connectivity index (χ0n) is 11.9. The van der Waals surface area contributed by atoms with Crippen molar-refractivity contribution in [3.05, 3.63) is 35.4 Å². The number of aryl methyl sites for hydroxylation is 1. The highest BCUT2D eigenvalue weighted by molar-refractivity contribution is 5.81. The second kappa shape index (κ2) is 6.20. The van der Waals surface area contributed by atoms with Gasteiger partial charge >= 0.3 is 0 Å². The van der Waals surface area contributed by atoms with Crippen LogP contribution >= 0.6 is 0 Å². The van der Waals surface area contributed by atoms with Gasteiger partial charge in [-0.2, -0.15) is 0 Å². The fourth-order valence-electron chi connectivity index (χ4n) is 2.73. The molecule has 1 aliphatic heterocycles. The molecule has 2 N–H and O–H groups in total. The van der Waals surface area contributed by atoms with Crippen molar-refractivity contribution >= 4 is 5.91 Å². The summed E-state index contributed by atoms with van der Waals surface area (Å²) >= 11 is 0. The van der Waals surface area contributed by atoms with Gasteiger partial charge < -0.3 is 10.6 Å². The molecule has 0 aromatic heterocycles. The molecule has 104 valence electrons. The second-order valence-corrected chi connectivity index (χ2v) is 5.87. The fourth-order valence-corrected chi connectivity index (χ4v) is 2.73. The van der Waals surface area contributed by atoms with Crippen molar-refractivity contribution in [3.63, 3.8) is 0 Å². The van der Waals surface area contributed by atoms with Crippen molar-refractivity contribution in [3.8, 4) is 0 Å². The molecule has 1 aromatic carbocycles. The zero-order chi connectivity index (χ0) is 13.8. The molecule has 1 aliphatic rings. The number of benzene rings is 1. The Morgan fingerprint density at radius 1 is 1.32 bits per heavy atom. The third-order valence-corrected chi connectivity index (χ3v) is 3.71. The van der Waals surface area contributed by atoms with E-state index in [1.807, 2.05) is 11.0 Å². The largest absolute Gasteiger partial charge is 0.337 e. The summed E-state index contributed by atoms with van der Waals surface area (Å²) < 4.78 is 0. The fraction of sp³-hybridized carbons (Fsp3) is 0.562. The Balaban J connectivity index is 2.07. The molecular formula is C16H24N2O. The molecule has 0 spiro atoms. The van der Waals surface area contributed by atoms with Crippen LogP contribution in [-0.4, -0.2) is 23.4 Å². The van der Waals surface area contributed by atoms with Gasteiger partial charge in [0.25, 0.3) is 0 Å². The molecular weight excluding hydrogens is 236 g/mol. The van der Waals surface area contributed by atoms with Crippen molar-refractivity contribution in [2.75, 3.05) is 6.54 Å². The summed E-state index contributed by atoms with van der Waals surface area (Å²) in [5, 5.41) is 0. The minimum atomic E-state index is -0.356. The highest BCUT2D eigenvalue weighted by atomic mass is 16.2. The first-order valence-electron chi connectivity index (χ1n) is 7.19. The minimum Gasteiger partial charge on any atom is -0.337 e. The van der Waals surface area contributed by atoms with E-state index >= 15 is 0 Å². The predicted octanol–water partition coefficient (Wildman–Crippen LogP) is 2.33. The van der Waals surface area contributed by atoms with Crippen LogP contribution in [0.4, 0.5) is 0 Å². The van der Waals surface area contributed by atoms with E-state index in [9.17, 15) is 4.79 Å². The Morgan fingerprint density at radius 3 is 2.68 bits per heavy atom. The number of carbonyl (C=O) groups is 1. The zero-order valence-corrected chi connectivity index (χ0v) is 11.9. The number of nitrogens with two attached hydrogens (primary N) is 1. The average Bonchev–Trinajstić information content (AvgIpc) is 2.58. The molecule has 19 heavy (non-hydrogen) atoms. The van der Waals surface area contributed by atoms with E-state index in [4.69, 9.17) is 5.73 Å². The summed E-state index contributed by atoms with van der Waals surface area (Å²) in [5.74, 6) is 0.559. The van der Waals surface area contributed by atoms with Crippen LogP contribution in [0.25, 0.3) is 0 Å². The molecule has 0 bridgehead atoms. The predicted molar refractivity (Wildman–Crippen MR) is 77.6 cm³/mol. The SMILES string of the molecule is CC(C)C[C@@H](N)C(=O)N1CCCc2ccccc2C1. The van der Waals surface area contributed by atoms with E-state index < -0.39 is 0 Å². The van der Waals surface area contributed by atoms with Crippen LogP contribution in [0, 0.1) is 5.92 Å². The molecule has 0 saturated heterocycles. The lowest BCUT2D eigenvalue weighted by atomic mass is 10.0. The molecule has 0 saturated carbocycles. The highest BCUT2D eigenvalue weighted by Crippen LogP contribution is 2.19. The monoisotopic (exact) mass is 260 g/mol. The molecule has 1 amide bonds. The van der Waals surface area contributed by atoms with Crippen LogP contribution < -0.4 is 5.73 Å². The Bertz CT molecular complexity index is 442. The quantitative estimate of drug-likeness (QED) is 0.906. The number of nitrogens with zero attached hydrogens (tertiary/aromatic N) is 1. The van der Waals surface area contributed by atoms with Gasteiger partial charge in [-0.3, -0.25) is 4.79 Å². The molecule has 2 rings (SSSR count). The van der Waals surface area contributed by atoms with Crippen molar-refractivity contribution in [1.29, 1.82) is 0 Å². The lowest BCUT2D eigenvalue weighted by Gasteiger charge is -2.25. The second-order valence-electron chi connectivity index (χ2n) is 5.87. The molecule has 3 heteroatoms. The number of carbonyl (C=O) groups excluding carboxylic acids is 1. The first kappa shape index (κ1) is 14.1. The molecule has 0 aliphatic carbocycles. The van der Waals surface area contributed by atoms with E-state index in [0.29, 0.717) is 12.5 Å². The molecule has 0 radical (unpaired) electrons. The Kier molecular flexibility index (Phi) is 4.59. The topological polar surface area (TPSA) is 46.3 Å². The molecule has 0 fully saturated rings. The van der Waals surface area contributed by atoms with Gasteiger partial charge in [-0.15, -0.1) is 0 Å². The number of hydrogen-bond donors (Lipinski definition) is 1. The average molecular weight is 260 g/mol. The Labute approximate surface area is 115 Å². The maximum Gasteiger partial charge on any atom is 0.239 e. The summed E-state index contributed by atoms with van der Waals surface area (Å²) in [4.78, 5) is 14.3. The van der Waals surface area contributed by atoms with E-state index in [-0.39, 0.29) is 11.9 Å². The standard InChI is InChI=1S/C16H24N2O/c1-12(2)10-15(17)16(19)18-9-5-8-13-6-3-4-7-14(13)11-18/h3-4,6-7,12,15H,5,8-11,17H2,1-2H3/t15-/m1/s1. The molecule has 0 unspecified atom stereocenters. The van der Waals surface area contributed by atoms with E-state index in [0.717, 1.165) is 25.8 Å². The van der Waals surface area contributed by atoms with Crippen LogP contribution in [0.3, 0.4) is 0 Å². The normalized spacial score (nSPS) is 16.9. The smallest absolute Gasteiger partial charge is 0.239 e. The molecule has 1 atom stereocenters. The van der Waals surface area contributed by atoms with Gasteiger partial charge in [0.15, 0.2) is 0 Å². The van der Waals surface area contributed by atoms with Gasteiger partial charge in [0.05, 0.1) is 6.04 Å². The van der Waals surface area contributed by atoms with Gasteiger partial charge in [0.1, 0.15) is 0 Å². The number of amides is 1. The summed E-state index contributed by atoms with van der Waals surface area (Å²) in [7, 11) is 0. The highest BCUT2D eigenvalue weighted by Gasteiger charge is 2.24. The van der Waals surface area contributed by atoms with Gasteiger partial charge in [-0.05, 0) is 36.3 Å². The summed E-state index contributed by atoms with van der Waals surface area (Å²) in [6.45, 7) is 5.73. The lowest BCUT2D eigenvalue weighted by Crippen LogP contribution is -2.44. The van der Waals surface area contributed by atoms with Crippen molar-refractivity contribution in [2.45, 2.75) is 45.7 Å². The van der Waals surface area contributed by atoms with Gasteiger partial charge in [-0.1, -0.05) is 38.1 Å². The third kappa shape index (κ3) is 3.57. The van der Waals surface area contributed by atoms with Crippen LogP contribution in [0.2, 0.25) is 0 Å². The molecule has 3 nitrogen and oxygen atoms in total. The van der Waals surface area contributed by atoms with Crippen molar-refractivity contribution in [2.24, 2.45) is 11.7 Å². The summed E-state index contributed by atoms with van der Waals surface area (Å²) in [6, 6.07) is 8.04. The Morgan fingerprint density at radius 2 is 2.00 bits per heavy atom. The van der Waals surface area contributed by atoms with Crippen molar-refractivity contribution in [1.82, 2.24) is 4.90 Å². The van der Waals surface area contributed by atoms with E-state index in [1.165, 1.54) is 11.1 Å². The van der Waals surface area contributed by atoms with Crippen LogP contribution in [-0.2, 0) is 17.8 Å². The van der Waals surface area contributed by atoms with Gasteiger partial charge in [0.2, 0.25) is 5.91 Å². The summed E-state index contributed by atoms with van der Waals surface area (Å²) in [6.07, 6.45) is 2.84. The van der Waals surface area contributed by atoms with Crippen molar-refractivity contribution < 1.29 is 4.79 Å². The van der Waals surface area contributed by atoms with Gasteiger partial charge in [-0.25, -0.2) is 0 Å². The molecule has 1 heterocycles. The number of rotatable bonds is 3.